The predicted octanol–water partition coefficient (Wildman–Crippen LogP) is 2.55. The van der Waals surface area contributed by atoms with Crippen molar-refractivity contribution < 1.29 is 4.74 Å². The number of hydrogen-bond acceptors (Lipinski definition) is 2. The molecule has 1 aliphatic rings. The zero-order valence-corrected chi connectivity index (χ0v) is 12.0. The third-order valence-corrected chi connectivity index (χ3v) is 3.89. The van der Waals surface area contributed by atoms with Gasteiger partial charge < -0.3 is 14.6 Å². The van der Waals surface area contributed by atoms with Crippen LogP contribution in [0.4, 0.5) is 0 Å². The summed E-state index contributed by atoms with van der Waals surface area (Å²) in [5.74, 6) is 0.882. The molecule has 1 aromatic heterocycles. The molecule has 1 heterocycles. The maximum absolute atomic E-state index is 5.61. The molecule has 1 saturated carbocycles. The van der Waals surface area contributed by atoms with Gasteiger partial charge >= 0.3 is 0 Å². The molecule has 0 aromatic carbocycles. The summed E-state index contributed by atoms with van der Waals surface area (Å²) in [6, 6.07) is 2.27. The topological polar surface area (TPSA) is 26.2 Å². The second-order valence-corrected chi connectivity index (χ2v) is 5.50. The molecule has 2 rings (SSSR count). The van der Waals surface area contributed by atoms with Crippen molar-refractivity contribution in [3.05, 3.63) is 23.0 Å². The van der Waals surface area contributed by atoms with Crippen molar-refractivity contribution in [1.82, 2.24) is 9.88 Å². The molecule has 1 fully saturated rings. The Morgan fingerprint density at radius 3 is 2.78 bits per heavy atom. The Labute approximate surface area is 111 Å². The summed E-state index contributed by atoms with van der Waals surface area (Å²) >= 11 is 0. The van der Waals surface area contributed by atoms with Crippen LogP contribution in [0.15, 0.2) is 6.07 Å². The van der Waals surface area contributed by atoms with E-state index in [4.69, 9.17) is 4.74 Å². The van der Waals surface area contributed by atoms with Gasteiger partial charge in [0.25, 0.3) is 0 Å². The smallest absolute Gasteiger partial charge is 0.0494 e. The van der Waals surface area contributed by atoms with E-state index in [9.17, 15) is 0 Å². The summed E-state index contributed by atoms with van der Waals surface area (Å²) in [6.45, 7) is 8.23. The van der Waals surface area contributed by atoms with Crippen molar-refractivity contribution >= 4 is 0 Å². The minimum absolute atomic E-state index is 0.882. The zero-order chi connectivity index (χ0) is 13.0. The largest absolute Gasteiger partial charge is 0.381 e. The fraction of sp³-hybridized carbons (Fsp3) is 0.733. The summed E-state index contributed by atoms with van der Waals surface area (Å²) in [7, 11) is 2.12. The number of aromatic nitrogens is 1. The lowest BCUT2D eigenvalue weighted by Crippen LogP contribution is -2.17. The highest BCUT2D eigenvalue weighted by atomic mass is 16.5. The van der Waals surface area contributed by atoms with E-state index in [1.54, 1.807) is 0 Å². The summed E-state index contributed by atoms with van der Waals surface area (Å²) in [6.07, 6.45) is 3.87. The molecule has 0 unspecified atom stereocenters. The van der Waals surface area contributed by atoms with Gasteiger partial charge in [-0.1, -0.05) is 0 Å². The van der Waals surface area contributed by atoms with Crippen molar-refractivity contribution in [3.8, 4) is 0 Å². The molecule has 1 aliphatic carbocycles. The average Bonchev–Trinajstić information content (AvgIpc) is 3.14. The van der Waals surface area contributed by atoms with E-state index in [1.807, 2.05) is 0 Å². The molecule has 0 radical (unpaired) electrons. The maximum atomic E-state index is 5.61. The van der Waals surface area contributed by atoms with Crippen LogP contribution in [0, 0.1) is 19.8 Å². The van der Waals surface area contributed by atoms with Crippen LogP contribution in [0.25, 0.3) is 0 Å². The lowest BCUT2D eigenvalue weighted by atomic mass is 10.2. The number of nitrogens with one attached hydrogen (secondary N) is 1. The van der Waals surface area contributed by atoms with Crippen molar-refractivity contribution in [2.45, 2.75) is 39.7 Å². The first kappa shape index (κ1) is 13.6. The Kier molecular flexibility index (Phi) is 4.84. The van der Waals surface area contributed by atoms with E-state index in [0.717, 1.165) is 38.6 Å². The summed E-state index contributed by atoms with van der Waals surface area (Å²) in [5, 5.41) is 3.49. The Morgan fingerprint density at radius 1 is 1.39 bits per heavy atom. The lowest BCUT2D eigenvalue weighted by molar-refractivity contribution is 0.122. The molecule has 0 amide bonds. The third kappa shape index (κ3) is 3.85. The van der Waals surface area contributed by atoms with Crippen LogP contribution in [-0.2, 0) is 18.3 Å². The van der Waals surface area contributed by atoms with E-state index in [1.165, 1.54) is 29.8 Å². The molecular weight excluding hydrogens is 224 g/mol. The summed E-state index contributed by atoms with van der Waals surface area (Å²) < 4.78 is 7.86. The van der Waals surface area contributed by atoms with Crippen molar-refractivity contribution in [3.63, 3.8) is 0 Å². The summed E-state index contributed by atoms with van der Waals surface area (Å²) in [4.78, 5) is 0. The van der Waals surface area contributed by atoms with Gasteiger partial charge in [-0.05, 0) is 57.2 Å². The first-order valence-electron chi connectivity index (χ1n) is 7.08. The van der Waals surface area contributed by atoms with Gasteiger partial charge in [0.2, 0.25) is 0 Å². The highest BCUT2D eigenvalue weighted by molar-refractivity contribution is 5.26. The molecule has 0 aliphatic heterocycles. The minimum atomic E-state index is 0.882. The fourth-order valence-electron chi connectivity index (χ4n) is 2.17. The molecule has 0 saturated heterocycles. The number of hydrogen-bond donors (Lipinski definition) is 1. The number of ether oxygens (including phenoxy) is 1. The van der Waals surface area contributed by atoms with E-state index in [-0.39, 0.29) is 0 Å². The zero-order valence-electron chi connectivity index (χ0n) is 12.0. The SMILES string of the molecule is Cc1cc(CNCCCOCC2CC2)c(C)n1C. The maximum Gasteiger partial charge on any atom is 0.0494 e. The third-order valence-electron chi connectivity index (χ3n) is 3.89. The average molecular weight is 250 g/mol. The van der Waals surface area contributed by atoms with Crippen LogP contribution < -0.4 is 5.32 Å². The van der Waals surface area contributed by atoms with Crippen molar-refractivity contribution in [2.75, 3.05) is 19.8 Å². The standard InChI is InChI=1S/C15H26N2O/c1-12-9-15(13(2)17(12)3)10-16-7-4-8-18-11-14-5-6-14/h9,14,16H,4-8,10-11H2,1-3H3. The molecule has 1 N–H and O–H groups in total. The second kappa shape index (κ2) is 6.39. The van der Waals surface area contributed by atoms with Crippen molar-refractivity contribution in [1.29, 1.82) is 0 Å². The van der Waals surface area contributed by atoms with Gasteiger partial charge in [0.15, 0.2) is 0 Å². The summed E-state index contributed by atoms with van der Waals surface area (Å²) in [5.41, 5.74) is 4.11. The van der Waals surface area contributed by atoms with Crippen LogP contribution in [-0.4, -0.2) is 24.3 Å². The van der Waals surface area contributed by atoms with Crippen LogP contribution in [0.2, 0.25) is 0 Å². The molecule has 3 nitrogen and oxygen atoms in total. The first-order chi connectivity index (χ1) is 8.68. The quantitative estimate of drug-likeness (QED) is 0.718. The Hall–Kier alpha value is -0.800. The van der Waals surface area contributed by atoms with Crippen molar-refractivity contribution in [2.24, 2.45) is 13.0 Å². The van der Waals surface area contributed by atoms with Gasteiger partial charge in [-0.2, -0.15) is 0 Å². The molecule has 1 aromatic rings. The minimum Gasteiger partial charge on any atom is -0.381 e. The number of aryl methyl sites for hydroxylation is 1. The molecule has 0 spiro atoms. The highest BCUT2D eigenvalue weighted by Gasteiger charge is 2.20. The second-order valence-electron chi connectivity index (χ2n) is 5.50. The van der Waals surface area contributed by atoms with E-state index < -0.39 is 0 Å². The van der Waals surface area contributed by atoms with Gasteiger partial charge in [-0.3, -0.25) is 0 Å². The predicted molar refractivity (Wildman–Crippen MR) is 74.8 cm³/mol. The first-order valence-corrected chi connectivity index (χ1v) is 7.08. The molecule has 0 atom stereocenters. The van der Waals surface area contributed by atoms with Gasteiger partial charge in [0.1, 0.15) is 0 Å². The van der Waals surface area contributed by atoms with Crippen LogP contribution in [0.5, 0.6) is 0 Å². The Morgan fingerprint density at radius 2 is 2.17 bits per heavy atom. The molecule has 18 heavy (non-hydrogen) atoms. The molecule has 3 heteroatoms. The van der Waals surface area contributed by atoms with Crippen LogP contribution in [0.1, 0.15) is 36.2 Å². The van der Waals surface area contributed by atoms with E-state index in [2.05, 4.69) is 36.8 Å². The molecule has 102 valence electrons. The van der Waals surface area contributed by atoms with E-state index >= 15 is 0 Å². The van der Waals surface area contributed by atoms with E-state index in [0.29, 0.717) is 0 Å². The van der Waals surface area contributed by atoms with Gasteiger partial charge in [0, 0.05) is 38.2 Å². The normalized spacial score (nSPS) is 15.3. The fourth-order valence-corrected chi connectivity index (χ4v) is 2.17. The molecular formula is C15H26N2O. The lowest BCUT2D eigenvalue weighted by Gasteiger charge is -2.06. The van der Waals surface area contributed by atoms with Gasteiger partial charge in [-0.25, -0.2) is 0 Å². The monoisotopic (exact) mass is 250 g/mol. The Balaban J connectivity index is 1.55. The number of nitrogens with zero attached hydrogens (tertiary/aromatic N) is 1. The molecule has 0 bridgehead atoms. The van der Waals surface area contributed by atoms with Gasteiger partial charge in [0.05, 0.1) is 0 Å². The number of rotatable bonds is 8. The van der Waals surface area contributed by atoms with Crippen LogP contribution in [0.3, 0.4) is 0 Å². The van der Waals surface area contributed by atoms with Crippen LogP contribution >= 0.6 is 0 Å². The van der Waals surface area contributed by atoms with Gasteiger partial charge in [-0.15, -0.1) is 0 Å². The Bertz CT molecular complexity index is 380. The highest BCUT2D eigenvalue weighted by Crippen LogP contribution is 2.28.